The summed E-state index contributed by atoms with van der Waals surface area (Å²) < 4.78 is 13.0. The zero-order valence-corrected chi connectivity index (χ0v) is 21.6. The molecule has 2 N–H and O–H groups in total. The van der Waals surface area contributed by atoms with E-state index in [2.05, 4.69) is 42.5 Å². The Morgan fingerprint density at radius 3 is 1.67 bits per heavy atom. The quantitative estimate of drug-likeness (QED) is 0.330. The van der Waals surface area contributed by atoms with Gasteiger partial charge >= 0.3 is 0 Å². The molecule has 3 aromatic rings. The topological polar surface area (TPSA) is 76.7 Å². The normalized spacial score (nSPS) is 10.8. The minimum atomic E-state index is -0.808. The van der Waals surface area contributed by atoms with E-state index in [4.69, 9.17) is 9.47 Å². The lowest BCUT2D eigenvalue weighted by Gasteiger charge is -2.23. The van der Waals surface area contributed by atoms with Crippen LogP contribution in [-0.4, -0.2) is 25.0 Å². The second-order valence-corrected chi connectivity index (χ2v) is 9.30. The van der Waals surface area contributed by atoms with E-state index in [1.54, 1.807) is 73.8 Å². The zero-order valence-electron chi connectivity index (χ0n) is 18.4. The van der Waals surface area contributed by atoms with Gasteiger partial charge in [-0.25, -0.2) is 0 Å². The van der Waals surface area contributed by atoms with Crippen LogP contribution in [0.3, 0.4) is 0 Å². The van der Waals surface area contributed by atoms with E-state index < -0.39 is 6.17 Å². The van der Waals surface area contributed by atoms with E-state index in [-0.39, 0.29) is 17.9 Å². The van der Waals surface area contributed by atoms with Crippen LogP contribution in [0.1, 0.15) is 46.3 Å². The molecule has 3 aromatic carbocycles. The van der Waals surface area contributed by atoms with E-state index in [9.17, 15) is 9.59 Å². The molecule has 0 aromatic heterocycles. The molecule has 0 spiro atoms. The first-order chi connectivity index (χ1) is 15.8. The van der Waals surface area contributed by atoms with Crippen LogP contribution in [0.2, 0.25) is 0 Å². The zero-order chi connectivity index (χ0) is 24.0. The summed E-state index contributed by atoms with van der Waals surface area (Å²) in [4.78, 5) is 25.9. The first-order valence-electron chi connectivity index (χ1n) is 10.2. The molecule has 6 nitrogen and oxygen atoms in total. The smallest absolute Gasteiger partial charge is 0.253 e. The Morgan fingerprint density at radius 1 is 0.758 bits per heavy atom. The molecule has 0 atom stereocenters. The summed E-state index contributed by atoms with van der Waals surface area (Å²) in [5.74, 6) is 0.423. The highest BCUT2D eigenvalue weighted by Gasteiger charge is 2.21. The van der Waals surface area contributed by atoms with Gasteiger partial charge in [-0.2, -0.15) is 0 Å². The van der Waals surface area contributed by atoms with Gasteiger partial charge in [0.2, 0.25) is 0 Å². The molecule has 0 aliphatic rings. The number of hydrogen-bond donors (Lipinski definition) is 2. The highest BCUT2D eigenvalue weighted by molar-refractivity contribution is 9.10. The second kappa shape index (κ2) is 11.3. The van der Waals surface area contributed by atoms with E-state index in [1.807, 2.05) is 13.8 Å². The molecule has 0 aliphatic carbocycles. The highest BCUT2D eigenvalue weighted by atomic mass is 79.9. The van der Waals surface area contributed by atoms with Gasteiger partial charge in [0.1, 0.15) is 6.17 Å². The summed E-state index contributed by atoms with van der Waals surface area (Å²) >= 11 is 6.74. The van der Waals surface area contributed by atoms with Crippen LogP contribution < -0.4 is 20.1 Å². The Kier molecular flexibility index (Phi) is 8.52. The Bertz CT molecular complexity index is 1060. The lowest BCUT2D eigenvalue weighted by molar-refractivity contribution is 0.0883. The van der Waals surface area contributed by atoms with Crippen LogP contribution in [0.25, 0.3) is 0 Å². The number of halogens is 2. The van der Waals surface area contributed by atoms with E-state index >= 15 is 0 Å². The van der Waals surface area contributed by atoms with Gasteiger partial charge in [0.05, 0.1) is 13.2 Å². The lowest BCUT2D eigenvalue weighted by Crippen LogP contribution is -2.41. The number of rotatable bonds is 8. The third kappa shape index (κ3) is 6.82. The number of amides is 2. The molecule has 2 amide bonds. The SMILES string of the molecule is COc1ccc(C(NC(=O)c2ccc(Br)cc2)NC(=O)c2ccc(Br)cc2)cc1OC(C)C. The van der Waals surface area contributed by atoms with Gasteiger partial charge in [0.25, 0.3) is 11.8 Å². The molecule has 0 saturated heterocycles. The van der Waals surface area contributed by atoms with Crippen LogP contribution in [0.4, 0.5) is 0 Å². The van der Waals surface area contributed by atoms with Crippen molar-refractivity contribution in [3.05, 3.63) is 92.4 Å². The van der Waals surface area contributed by atoms with Crippen molar-refractivity contribution in [2.75, 3.05) is 7.11 Å². The maximum atomic E-state index is 12.9. The van der Waals surface area contributed by atoms with Gasteiger partial charge < -0.3 is 20.1 Å². The van der Waals surface area contributed by atoms with Crippen molar-refractivity contribution < 1.29 is 19.1 Å². The largest absolute Gasteiger partial charge is 0.493 e. The fourth-order valence-electron chi connectivity index (χ4n) is 3.05. The van der Waals surface area contributed by atoms with Crippen LogP contribution in [0, 0.1) is 0 Å². The monoisotopic (exact) mass is 574 g/mol. The predicted octanol–water partition coefficient (Wildman–Crippen LogP) is 5.87. The molecule has 0 saturated carbocycles. The van der Waals surface area contributed by atoms with Crippen molar-refractivity contribution >= 4 is 43.7 Å². The number of hydrogen-bond acceptors (Lipinski definition) is 4. The molecule has 0 radical (unpaired) electrons. The van der Waals surface area contributed by atoms with Crippen LogP contribution >= 0.6 is 31.9 Å². The van der Waals surface area contributed by atoms with Crippen molar-refractivity contribution in [2.45, 2.75) is 26.1 Å². The van der Waals surface area contributed by atoms with Crippen LogP contribution in [-0.2, 0) is 0 Å². The van der Waals surface area contributed by atoms with Gasteiger partial charge in [-0.05, 0) is 80.1 Å². The summed E-state index contributed by atoms with van der Waals surface area (Å²) in [7, 11) is 1.56. The third-order valence-corrected chi connectivity index (χ3v) is 5.70. The highest BCUT2D eigenvalue weighted by Crippen LogP contribution is 2.31. The lowest BCUT2D eigenvalue weighted by atomic mass is 10.1. The number of carbonyl (C=O) groups excluding carboxylic acids is 2. The van der Waals surface area contributed by atoms with Gasteiger partial charge in [0.15, 0.2) is 11.5 Å². The number of carbonyl (C=O) groups is 2. The first kappa shape index (κ1) is 24.8. The molecule has 3 rings (SSSR count). The molecule has 8 heteroatoms. The fourth-order valence-corrected chi connectivity index (χ4v) is 3.58. The maximum absolute atomic E-state index is 12.9. The minimum Gasteiger partial charge on any atom is -0.493 e. The average molecular weight is 576 g/mol. The van der Waals surface area contributed by atoms with Crippen LogP contribution in [0.5, 0.6) is 11.5 Å². The fraction of sp³-hybridized carbons (Fsp3) is 0.200. The molecule has 0 aliphatic heterocycles. The Labute approximate surface area is 209 Å². The minimum absolute atomic E-state index is 0.0812. The van der Waals surface area contributed by atoms with Gasteiger partial charge in [-0.3, -0.25) is 9.59 Å². The molecule has 0 heterocycles. The molecule has 172 valence electrons. The molecular weight excluding hydrogens is 552 g/mol. The van der Waals surface area contributed by atoms with Crippen LogP contribution in [0.15, 0.2) is 75.7 Å². The van der Waals surface area contributed by atoms with Gasteiger partial charge in [0, 0.05) is 20.1 Å². The summed E-state index contributed by atoms with van der Waals surface area (Å²) in [6, 6.07) is 19.2. The second-order valence-electron chi connectivity index (χ2n) is 7.47. The predicted molar refractivity (Wildman–Crippen MR) is 135 cm³/mol. The van der Waals surface area contributed by atoms with Gasteiger partial charge in [-0.15, -0.1) is 0 Å². The van der Waals surface area contributed by atoms with Crippen molar-refractivity contribution in [3.8, 4) is 11.5 Å². The average Bonchev–Trinajstić information content (AvgIpc) is 2.79. The number of benzene rings is 3. The van der Waals surface area contributed by atoms with Crippen molar-refractivity contribution in [3.63, 3.8) is 0 Å². The van der Waals surface area contributed by atoms with Gasteiger partial charge in [-0.1, -0.05) is 37.9 Å². The summed E-state index contributed by atoms with van der Waals surface area (Å²) in [6.45, 7) is 3.82. The summed E-state index contributed by atoms with van der Waals surface area (Å²) in [5.41, 5.74) is 1.57. The Morgan fingerprint density at radius 2 is 1.24 bits per heavy atom. The van der Waals surface area contributed by atoms with Crippen molar-refractivity contribution in [1.29, 1.82) is 0 Å². The maximum Gasteiger partial charge on any atom is 0.253 e. The molecule has 0 bridgehead atoms. The van der Waals surface area contributed by atoms with E-state index in [0.717, 1.165) is 8.95 Å². The third-order valence-electron chi connectivity index (χ3n) is 4.65. The molecule has 0 unspecified atom stereocenters. The Hall–Kier alpha value is -2.84. The summed E-state index contributed by atoms with van der Waals surface area (Å²) in [5, 5.41) is 5.81. The summed E-state index contributed by atoms with van der Waals surface area (Å²) in [6.07, 6.45) is -0.889. The molecular formula is C25H24Br2N2O4. The number of nitrogens with one attached hydrogen (secondary N) is 2. The Balaban J connectivity index is 1.93. The molecule has 33 heavy (non-hydrogen) atoms. The van der Waals surface area contributed by atoms with Crippen molar-refractivity contribution in [2.24, 2.45) is 0 Å². The van der Waals surface area contributed by atoms with E-state index in [1.165, 1.54) is 0 Å². The van der Waals surface area contributed by atoms with E-state index in [0.29, 0.717) is 28.2 Å². The standard InChI is InChI=1S/C25H24Br2N2O4/c1-15(2)33-22-14-18(8-13-21(22)32-3)23(28-24(30)16-4-9-19(26)10-5-16)29-25(31)17-6-11-20(27)12-7-17/h4-15,23H,1-3H3,(H,28,30)(H,29,31). The van der Waals surface area contributed by atoms with Crippen molar-refractivity contribution in [1.82, 2.24) is 10.6 Å². The number of ether oxygens (including phenoxy) is 2. The number of methoxy groups -OCH3 is 1. The molecule has 0 fully saturated rings. The first-order valence-corrected chi connectivity index (χ1v) is 11.8.